The largest absolute Gasteiger partial charge is 0.371 e. The summed E-state index contributed by atoms with van der Waals surface area (Å²) in [5.74, 6) is 0.673. The van der Waals surface area contributed by atoms with Gasteiger partial charge in [-0.2, -0.15) is 0 Å². The van der Waals surface area contributed by atoms with E-state index in [1.165, 1.54) is 37.1 Å². The fourth-order valence-corrected chi connectivity index (χ4v) is 3.77. The van der Waals surface area contributed by atoms with Crippen LogP contribution in [0.4, 0.5) is 0 Å². The number of aromatic nitrogens is 1. The van der Waals surface area contributed by atoms with Gasteiger partial charge in [-0.25, -0.2) is 4.98 Å². The summed E-state index contributed by atoms with van der Waals surface area (Å²) in [6, 6.07) is 0. The van der Waals surface area contributed by atoms with Gasteiger partial charge in [0.1, 0.15) is 11.1 Å². The lowest BCUT2D eigenvalue weighted by Crippen LogP contribution is -2.19. The van der Waals surface area contributed by atoms with Crippen LogP contribution in [0.1, 0.15) is 62.8 Å². The van der Waals surface area contributed by atoms with E-state index in [1.807, 2.05) is 0 Å². The number of hydrogen-bond donors (Lipinski definition) is 1. The maximum atomic E-state index is 6.01. The van der Waals surface area contributed by atoms with Crippen molar-refractivity contribution in [3.63, 3.8) is 0 Å². The summed E-state index contributed by atoms with van der Waals surface area (Å²) in [5.41, 5.74) is 1.15. The standard InChI is InChI=1S/C15H26N2OS/c1-3-16-10-13-11-19-15(17-13)14(18-4-2)12-8-6-5-7-9-12/h11-12,14,16H,3-10H2,1-2H3. The fourth-order valence-electron chi connectivity index (χ4n) is 2.81. The molecule has 0 spiro atoms. The zero-order valence-electron chi connectivity index (χ0n) is 12.2. The van der Waals surface area contributed by atoms with Gasteiger partial charge in [-0.15, -0.1) is 11.3 Å². The van der Waals surface area contributed by atoms with E-state index in [0.717, 1.165) is 25.4 Å². The molecule has 3 nitrogen and oxygen atoms in total. The van der Waals surface area contributed by atoms with Crippen LogP contribution >= 0.6 is 11.3 Å². The molecule has 4 heteroatoms. The lowest BCUT2D eigenvalue weighted by molar-refractivity contribution is 0.00542. The summed E-state index contributed by atoms with van der Waals surface area (Å²) in [6.07, 6.45) is 6.91. The summed E-state index contributed by atoms with van der Waals surface area (Å²) in [7, 11) is 0. The first-order valence-electron chi connectivity index (χ1n) is 7.61. The maximum Gasteiger partial charge on any atom is 0.122 e. The lowest BCUT2D eigenvalue weighted by atomic mass is 9.85. The molecule has 2 rings (SSSR count). The van der Waals surface area contributed by atoms with Gasteiger partial charge in [-0.05, 0) is 32.2 Å². The van der Waals surface area contributed by atoms with Crippen molar-refractivity contribution >= 4 is 11.3 Å². The van der Waals surface area contributed by atoms with E-state index in [4.69, 9.17) is 9.72 Å². The Hall–Kier alpha value is -0.450. The molecule has 1 saturated carbocycles. The van der Waals surface area contributed by atoms with Crippen LogP contribution in [-0.2, 0) is 11.3 Å². The second-order valence-corrected chi connectivity index (χ2v) is 6.12. The topological polar surface area (TPSA) is 34.1 Å². The highest BCUT2D eigenvalue weighted by molar-refractivity contribution is 7.09. The molecule has 1 aliphatic rings. The number of rotatable bonds is 7. The zero-order valence-corrected chi connectivity index (χ0v) is 13.0. The van der Waals surface area contributed by atoms with Crippen LogP contribution in [-0.4, -0.2) is 18.1 Å². The second kappa shape index (κ2) is 7.98. The Bertz CT molecular complexity index is 361. The molecule has 1 aromatic heterocycles. The molecule has 0 aromatic carbocycles. The molecule has 0 bridgehead atoms. The number of thiazole rings is 1. The molecular weight excluding hydrogens is 256 g/mol. The van der Waals surface area contributed by atoms with Gasteiger partial charge < -0.3 is 10.1 Å². The highest BCUT2D eigenvalue weighted by Gasteiger charge is 2.27. The third kappa shape index (κ3) is 4.26. The van der Waals surface area contributed by atoms with Gasteiger partial charge in [0.25, 0.3) is 0 Å². The Labute approximate surface area is 120 Å². The lowest BCUT2D eigenvalue weighted by Gasteiger charge is -2.28. The van der Waals surface area contributed by atoms with Gasteiger partial charge >= 0.3 is 0 Å². The van der Waals surface area contributed by atoms with Crippen LogP contribution < -0.4 is 5.32 Å². The number of hydrogen-bond acceptors (Lipinski definition) is 4. The minimum Gasteiger partial charge on any atom is -0.371 e. The Morgan fingerprint density at radius 1 is 1.37 bits per heavy atom. The molecule has 0 amide bonds. The van der Waals surface area contributed by atoms with Gasteiger partial charge in [0.15, 0.2) is 0 Å². The predicted molar refractivity (Wildman–Crippen MR) is 80.4 cm³/mol. The van der Waals surface area contributed by atoms with Crippen molar-refractivity contribution in [1.82, 2.24) is 10.3 Å². The quantitative estimate of drug-likeness (QED) is 0.823. The molecular formula is C15H26N2OS. The van der Waals surface area contributed by atoms with Crippen molar-refractivity contribution in [2.45, 2.75) is 58.6 Å². The molecule has 108 valence electrons. The van der Waals surface area contributed by atoms with Crippen molar-refractivity contribution in [1.29, 1.82) is 0 Å². The van der Waals surface area contributed by atoms with E-state index in [0.29, 0.717) is 5.92 Å². The number of ether oxygens (including phenoxy) is 1. The zero-order chi connectivity index (χ0) is 13.5. The predicted octanol–water partition coefficient (Wildman–Crippen LogP) is 3.91. The monoisotopic (exact) mass is 282 g/mol. The van der Waals surface area contributed by atoms with Crippen molar-refractivity contribution < 1.29 is 4.74 Å². The summed E-state index contributed by atoms with van der Waals surface area (Å²) < 4.78 is 6.01. The first-order chi connectivity index (χ1) is 9.35. The van der Waals surface area contributed by atoms with Crippen LogP contribution in [0.25, 0.3) is 0 Å². The first-order valence-corrected chi connectivity index (χ1v) is 8.49. The Morgan fingerprint density at radius 2 is 2.16 bits per heavy atom. The number of nitrogens with one attached hydrogen (secondary N) is 1. The average Bonchev–Trinajstić information content (AvgIpc) is 2.92. The highest BCUT2D eigenvalue weighted by Crippen LogP contribution is 2.37. The smallest absolute Gasteiger partial charge is 0.122 e. The maximum absolute atomic E-state index is 6.01. The molecule has 1 heterocycles. The van der Waals surface area contributed by atoms with E-state index in [-0.39, 0.29) is 6.10 Å². The van der Waals surface area contributed by atoms with Gasteiger partial charge in [0.05, 0.1) is 5.69 Å². The molecule has 1 N–H and O–H groups in total. The van der Waals surface area contributed by atoms with Gasteiger partial charge in [0, 0.05) is 18.5 Å². The van der Waals surface area contributed by atoms with E-state index in [1.54, 1.807) is 11.3 Å². The Balaban J connectivity index is 2.02. The molecule has 1 unspecified atom stereocenters. The van der Waals surface area contributed by atoms with Crippen LogP contribution in [0.5, 0.6) is 0 Å². The SMILES string of the molecule is CCNCc1csc(C(OCC)C2CCCCC2)n1. The molecule has 19 heavy (non-hydrogen) atoms. The van der Waals surface area contributed by atoms with Crippen LogP contribution in [0, 0.1) is 5.92 Å². The molecule has 1 atom stereocenters. The molecule has 1 fully saturated rings. The highest BCUT2D eigenvalue weighted by atomic mass is 32.1. The molecule has 0 aliphatic heterocycles. The van der Waals surface area contributed by atoms with Crippen molar-refractivity contribution in [2.75, 3.05) is 13.2 Å². The van der Waals surface area contributed by atoms with Crippen LogP contribution in [0.3, 0.4) is 0 Å². The van der Waals surface area contributed by atoms with E-state index in [9.17, 15) is 0 Å². The second-order valence-electron chi connectivity index (χ2n) is 5.23. The third-order valence-corrected chi connectivity index (χ3v) is 4.75. The molecule has 1 aromatic rings. The minimum atomic E-state index is 0.227. The summed E-state index contributed by atoms with van der Waals surface area (Å²) in [6.45, 7) is 6.85. The van der Waals surface area contributed by atoms with Crippen molar-refractivity contribution in [3.05, 3.63) is 16.1 Å². The van der Waals surface area contributed by atoms with Crippen molar-refractivity contribution in [3.8, 4) is 0 Å². The summed E-state index contributed by atoms with van der Waals surface area (Å²) in [5, 5.41) is 6.69. The van der Waals surface area contributed by atoms with Crippen LogP contribution in [0.15, 0.2) is 5.38 Å². The Kier molecular flexibility index (Phi) is 6.28. The number of nitrogens with zero attached hydrogens (tertiary/aromatic N) is 1. The molecule has 1 aliphatic carbocycles. The normalized spacial score (nSPS) is 18.6. The fraction of sp³-hybridized carbons (Fsp3) is 0.800. The van der Waals surface area contributed by atoms with E-state index < -0.39 is 0 Å². The van der Waals surface area contributed by atoms with Crippen LogP contribution in [0.2, 0.25) is 0 Å². The summed E-state index contributed by atoms with van der Waals surface area (Å²) >= 11 is 1.77. The molecule has 0 saturated heterocycles. The van der Waals surface area contributed by atoms with E-state index >= 15 is 0 Å². The van der Waals surface area contributed by atoms with Crippen molar-refractivity contribution in [2.24, 2.45) is 5.92 Å². The third-order valence-electron chi connectivity index (χ3n) is 3.79. The van der Waals surface area contributed by atoms with E-state index in [2.05, 4.69) is 24.5 Å². The first kappa shape index (κ1) is 14.9. The Morgan fingerprint density at radius 3 is 2.84 bits per heavy atom. The van der Waals surface area contributed by atoms with Gasteiger partial charge in [-0.3, -0.25) is 0 Å². The summed E-state index contributed by atoms with van der Waals surface area (Å²) in [4.78, 5) is 4.77. The van der Waals surface area contributed by atoms with Gasteiger partial charge in [0.2, 0.25) is 0 Å². The molecule has 0 radical (unpaired) electrons. The average molecular weight is 282 g/mol. The minimum absolute atomic E-state index is 0.227. The van der Waals surface area contributed by atoms with Gasteiger partial charge in [-0.1, -0.05) is 26.2 Å².